The van der Waals surface area contributed by atoms with Crippen molar-refractivity contribution in [3.8, 4) is 0 Å². The molecule has 0 fully saturated rings. The summed E-state index contributed by atoms with van der Waals surface area (Å²) in [6.45, 7) is 1.91. The van der Waals surface area contributed by atoms with Crippen LogP contribution < -0.4 is 5.32 Å². The van der Waals surface area contributed by atoms with Crippen LogP contribution >= 0.6 is 0 Å². The average molecular weight is 197 g/mol. The predicted molar refractivity (Wildman–Crippen MR) is 54.5 cm³/mol. The van der Waals surface area contributed by atoms with Gasteiger partial charge in [-0.1, -0.05) is 18.2 Å². The van der Waals surface area contributed by atoms with Crippen molar-refractivity contribution in [3.63, 3.8) is 0 Å². The van der Waals surface area contributed by atoms with E-state index in [9.17, 15) is 4.39 Å². The third-order valence-electron chi connectivity index (χ3n) is 2.63. The van der Waals surface area contributed by atoms with Gasteiger partial charge < -0.3 is 10.4 Å². The first-order valence-corrected chi connectivity index (χ1v) is 4.69. The molecule has 0 aliphatic carbocycles. The highest BCUT2D eigenvalue weighted by Gasteiger charge is 2.26. The van der Waals surface area contributed by atoms with E-state index in [1.54, 1.807) is 25.2 Å². The number of halogens is 1. The molecule has 1 unspecified atom stereocenters. The van der Waals surface area contributed by atoms with E-state index >= 15 is 0 Å². The summed E-state index contributed by atoms with van der Waals surface area (Å²) in [6, 6.07) is 6.63. The van der Waals surface area contributed by atoms with Crippen LogP contribution in [0.2, 0.25) is 0 Å². The van der Waals surface area contributed by atoms with Gasteiger partial charge in [0.15, 0.2) is 0 Å². The fraction of sp³-hybridized carbons (Fsp3) is 0.455. The Morgan fingerprint density at radius 3 is 2.57 bits per heavy atom. The van der Waals surface area contributed by atoms with Gasteiger partial charge in [0.05, 0.1) is 0 Å². The molecule has 78 valence electrons. The topological polar surface area (TPSA) is 32.3 Å². The number of aliphatic hydroxyl groups is 1. The predicted octanol–water partition coefficient (Wildman–Crippen LogP) is 1.64. The van der Waals surface area contributed by atoms with Crippen molar-refractivity contribution in [2.75, 3.05) is 13.7 Å². The number of hydrogen-bond donors (Lipinski definition) is 2. The molecule has 0 saturated heterocycles. The Bertz CT molecular complexity index is 303. The van der Waals surface area contributed by atoms with Gasteiger partial charge in [-0.05, 0) is 26.5 Å². The van der Waals surface area contributed by atoms with Gasteiger partial charge in [-0.2, -0.15) is 0 Å². The average Bonchev–Trinajstić information content (AvgIpc) is 2.18. The maximum Gasteiger partial charge on any atom is 0.128 e. The highest BCUT2D eigenvalue weighted by Crippen LogP contribution is 2.25. The normalized spacial score (nSPS) is 15.1. The zero-order valence-electron chi connectivity index (χ0n) is 8.55. The zero-order valence-corrected chi connectivity index (χ0v) is 8.55. The first-order valence-electron chi connectivity index (χ1n) is 4.69. The van der Waals surface area contributed by atoms with Crippen LogP contribution in [0.1, 0.15) is 18.9 Å². The zero-order chi connectivity index (χ0) is 10.6. The fourth-order valence-electron chi connectivity index (χ4n) is 1.53. The maximum atomic E-state index is 13.5. The van der Waals surface area contributed by atoms with E-state index in [4.69, 9.17) is 5.11 Å². The first kappa shape index (κ1) is 11.1. The van der Waals surface area contributed by atoms with Crippen molar-refractivity contribution >= 4 is 0 Å². The van der Waals surface area contributed by atoms with Crippen molar-refractivity contribution < 1.29 is 9.50 Å². The van der Waals surface area contributed by atoms with Gasteiger partial charge in [0, 0.05) is 17.7 Å². The van der Waals surface area contributed by atoms with Crippen LogP contribution in [-0.2, 0) is 5.54 Å². The molecule has 0 spiro atoms. The van der Waals surface area contributed by atoms with Gasteiger partial charge in [-0.25, -0.2) is 4.39 Å². The van der Waals surface area contributed by atoms with Crippen molar-refractivity contribution in [1.82, 2.24) is 5.32 Å². The molecule has 0 aliphatic rings. The van der Waals surface area contributed by atoms with Crippen LogP contribution in [0.4, 0.5) is 4.39 Å². The number of hydrogen-bond acceptors (Lipinski definition) is 2. The van der Waals surface area contributed by atoms with E-state index in [1.165, 1.54) is 6.07 Å². The summed E-state index contributed by atoms with van der Waals surface area (Å²) >= 11 is 0. The third-order valence-corrected chi connectivity index (χ3v) is 2.63. The van der Waals surface area contributed by atoms with E-state index in [0.717, 1.165) is 0 Å². The Balaban J connectivity index is 3.05. The Morgan fingerprint density at radius 2 is 2.07 bits per heavy atom. The van der Waals surface area contributed by atoms with Crippen LogP contribution in [0.5, 0.6) is 0 Å². The SMILES string of the molecule is CNC(C)(CCO)c1ccccc1F. The Kier molecular flexibility index (Phi) is 3.61. The molecule has 2 N–H and O–H groups in total. The molecular formula is C11H16FNO. The molecule has 0 radical (unpaired) electrons. The van der Waals surface area contributed by atoms with Crippen LogP contribution in [0.3, 0.4) is 0 Å². The smallest absolute Gasteiger partial charge is 0.128 e. The molecule has 3 heteroatoms. The molecule has 0 amide bonds. The molecule has 0 aromatic heterocycles. The molecule has 0 bridgehead atoms. The summed E-state index contributed by atoms with van der Waals surface area (Å²) in [5.41, 5.74) is 0.0941. The van der Waals surface area contributed by atoms with Crippen molar-refractivity contribution in [2.24, 2.45) is 0 Å². The molecule has 2 nitrogen and oxygen atoms in total. The van der Waals surface area contributed by atoms with E-state index in [1.807, 2.05) is 6.92 Å². The second-order valence-corrected chi connectivity index (χ2v) is 3.54. The van der Waals surface area contributed by atoms with Gasteiger partial charge in [-0.3, -0.25) is 0 Å². The number of nitrogens with one attached hydrogen (secondary N) is 1. The Labute approximate surface area is 83.8 Å². The summed E-state index contributed by atoms with van der Waals surface area (Å²) in [5.74, 6) is -0.238. The molecule has 0 saturated carbocycles. The summed E-state index contributed by atoms with van der Waals surface area (Å²) in [5, 5.41) is 12.0. The minimum Gasteiger partial charge on any atom is -0.396 e. The van der Waals surface area contributed by atoms with Crippen LogP contribution in [0.25, 0.3) is 0 Å². The summed E-state index contributed by atoms with van der Waals surface area (Å²) in [4.78, 5) is 0. The van der Waals surface area contributed by atoms with E-state index in [-0.39, 0.29) is 12.4 Å². The van der Waals surface area contributed by atoms with Gasteiger partial charge in [0.1, 0.15) is 5.82 Å². The third kappa shape index (κ3) is 2.11. The van der Waals surface area contributed by atoms with Crippen molar-refractivity contribution in [3.05, 3.63) is 35.6 Å². The quantitative estimate of drug-likeness (QED) is 0.769. The minimum atomic E-state index is -0.500. The molecule has 1 atom stereocenters. The number of benzene rings is 1. The molecule has 14 heavy (non-hydrogen) atoms. The molecule has 0 heterocycles. The van der Waals surface area contributed by atoms with E-state index in [2.05, 4.69) is 5.32 Å². The summed E-state index contributed by atoms with van der Waals surface area (Å²) in [6.07, 6.45) is 0.491. The van der Waals surface area contributed by atoms with Gasteiger partial charge >= 0.3 is 0 Å². The molecule has 0 aliphatic heterocycles. The highest BCUT2D eigenvalue weighted by molar-refractivity contribution is 5.25. The fourth-order valence-corrected chi connectivity index (χ4v) is 1.53. The lowest BCUT2D eigenvalue weighted by Gasteiger charge is -2.29. The molecule has 1 aromatic rings. The molecular weight excluding hydrogens is 181 g/mol. The van der Waals surface area contributed by atoms with Crippen LogP contribution in [-0.4, -0.2) is 18.8 Å². The van der Waals surface area contributed by atoms with Gasteiger partial charge in [0.2, 0.25) is 0 Å². The lowest BCUT2D eigenvalue weighted by atomic mass is 9.89. The summed E-state index contributed by atoms with van der Waals surface area (Å²) < 4.78 is 13.5. The second kappa shape index (κ2) is 4.53. The number of rotatable bonds is 4. The first-order chi connectivity index (χ1) is 6.64. The van der Waals surface area contributed by atoms with Crippen molar-refractivity contribution in [2.45, 2.75) is 18.9 Å². The van der Waals surface area contributed by atoms with E-state index in [0.29, 0.717) is 12.0 Å². The monoisotopic (exact) mass is 197 g/mol. The van der Waals surface area contributed by atoms with E-state index < -0.39 is 5.54 Å². The molecule has 1 rings (SSSR count). The van der Waals surface area contributed by atoms with Crippen molar-refractivity contribution in [1.29, 1.82) is 0 Å². The Morgan fingerprint density at radius 1 is 1.43 bits per heavy atom. The lowest BCUT2D eigenvalue weighted by molar-refractivity contribution is 0.225. The Hall–Kier alpha value is -0.930. The van der Waals surface area contributed by atoms with Gasteiger partial charge in [-0.15, -0.1) is 0 Å². The van der Waals surface area contributed by atoms with Gasteiger partial charge in [0.25, 0.3) is 0 Å². The lowest BCUT2D eigenvalue weighted by Crippen LogP contribution is -2.38. The van der Waals surface area contributed by atoms with Crippen LogP contribution in [0, 0.1) is 5.82 Å². The largest absolute Gasteiger partial charge is 0.396 e. The highest BCUT2D eigenvalue weighted by atomic mass is 19.1. The molecule has 1 aromatic carbocycles. The second-order valence-electron chi connectivity index (χ2n) is 3.54. The maximum absolute atomic E-state index is 13.5. The minimum absolute atomic E-state index is 0.0334. The summed E-state index contributed by atoms with van der Waals surface area (Å²) in [7, 11) is 1.77. The standard InChI is InChI=1S/C11H16FNO/c1-11(13-2,7-8-14)9-5-3-4-6-10(9)12/h3-6,13-14H,7-8H2,1-2H3. The van der Waals surface area contributed by atoms with Crippen LogP contribution in [0.15, 0.2) is 24.3 Å². The number of aliphatic hydroxyl groups excluding tert-OH is 1.